The summed E-state index contributed by atoms with van der Waals surface area (Å²) < 4.78 is 38.7. The summed E-state index contributed by atoms with van der Waals surface area (Å²) in [5, 5.41) is 1.28. The van der Waals surface area contributed by atoms with Gasteiger partial charge in [0.2, 0.25) is 0 Å². The third-order valence-electron chi connectivity index (χ3n) is 5.32. The fourth-order valence-corrected chi connectivity index (χ4v) is 3.93. The average molecular weight is 358 g/mol. The van der Waals surface area contributed by atoms with Gasteiger partial charge in [0.1, 0.15) is 0 Å². The van der Waals surface area contributed by atoms with Crippen LogP contribution >= 0.6 is 0 Å². The van der Waals surface area contributed by atoms with Crippen LogP contribution in [0.2, 0.25) is 0 Å². The van der Waals surface area contributed by atoms with Crippen LogP contribution in [-0.4, -0.2) is 22.5 Å². The molecule has 26 heavy (non-hydrogen) atoms. The van der Waals surface area contributed by atoms with Gasteiger partial charge in [-0.1, -0.05) is 36.4 Å². The van der Waals surface area contributed by atoms with Gasteiger partial charge in [0.15, 0.2) is 0 Å². The number of halogens is 3. The fourth-order valence-electron chi connectivity index (χ4n) is 3.93. The van der Waals surface area contributed by atoms with E-state index < -0.39 is 11.7 Å². The van der Waals surface area contributed by atoms with Crippen LogP contribution in [0.1, 0.15) is 29.3 Å². The Balaban J connectivity index is 1.50. The van der Waals surface area contributed by atoms with Gasteiger partial charge >= 0.3 is 6.18 Å². The number of aromatic amines is 1. The van der Waals surface area contributed by atoms with Crippen molar-refractivity contribution in [3.8, 4) is 0 Å². The van der Waals surface area contributed by atoms with Crippen LogP contribution in [0.5, 0.6) is 0 Å². The SMILES string of the molecule is CC(Cc1cccc(C(F)(F)F)c1)N1CCc2c([nH]c3ccccc23)C1. The number of hydrogen-bond donors (Lipinski definition) is 1. The topological polar surface area (TPSA) is 19.0 Å². The molecule has 0 aliphatic carbocycles. The van der Waals surface area contributed by atoms with Gasteiger partial charge in [-0.2, -0.15) is 13.2 Å². The minimum absolute atomic E-state index is 0.179. The third-order valence-corrected chi connectivity index (χ3v) is 5.32. The molecule has 0 saturated heterocycles. The number of alkyl halides is 3. The minimum atomic E-state index is -4.29. The Morgan fingerprint density at radius 3 is 2.73 bits per heavy atom. The van der Waals surface area contributed by atoms with Crippen LogP contribution in [0.25, 0.3) is 10.9 Å². The first-order chi connectivity index (χ1) is 12.4. The molecule has 1 aliphatic heterocycles. The molecule has 0 fully saturated rings. The van der Waals surface area contributed by atoms with Crippen molar-refractivity contribution in [3.63, 3.8) is 0 Å². The monoisotopic (exact) mass is 358 g/mol. The molecule has 2 aromatic carbocycles. The van der Waals surface area contributed by atoms with E-state index in [0.29, 0.717) is 6.42 Å². The Morgan fingerprint density at radius 2 is 1.92 bits per heavy atom. The summed E-state index contributed by atoms with van der Waals surface area (Å²) in [5.41, 5.74) is 3.93. The minimum Gasteiger partial charge on any atom is -0.357 e. The van der Waals surface area contributed by atoms with Crippen molar-refractivity contribution in [2.45, 2.75) is 38.5 Å². The van der Waals surface area contributed by atoms with Gasteiger partial charge in [-0.3, -0.25) is 4.90 Å². The summed E-state index contributed by atoms with van der Waals surface area (Å²) in [6, 6.07) is 14.2. The molecule has 2 heterocycles. The second-order valence-corrected chi connectivity index (χ2v) is 7.10. The van der Waals surface area contributed by atoms with Gasteiger partial charge in [0.25, 0.3) is 0 Å². The Morgan fingerprint density at radius 1 is 1.12 bits per heavy atom. The van der Waals surface area contributed by atoms with Gasteiger partial charge in [-0.25, -0.2) is 0 Å². The van der Waals surface area contributed by atoms with Crippen LogP contribution in [0.3, 0.4) is 0 Å². The number of nitrogens with zero attached hydrogens (tertiary/aromatic N) is 1. The van der Waals surface area contributed by atoms with Crippen LogP contribution in [-0.2, 0) is 25.6 Å². The molecule has 0 saturated carbocycles. The molecule has 0 bridgehead atoms. The normalized spacial score (nSPS) is 16.6. The van der Waals surface area contributed by atoms with Crippen LogP contribution < -0.4 is 0 Å². The number of nitrogens with one attached hydrogen (secondary N) is 1. The summed E-state index contributed by atoms with van der Waals surface area (Å²) in [6.45, 7) is 3.83. The van der Waals surface area contributed by atoms with Crippen LogP contribution in [0, 0.1) is 0 Å². The molecule has 2 nitrogen and oxygen atoms in total. The van der Waals surface area contributed by atoms with Crippen molar-refractivity contribution in [1.82, 2.24) is 9.88 Å². The number of H-pyrrole nitrogens is 1. The van der Waals surface area contributed by atoms with Crippen molar-refractivity contribution in [3.05, 3.63) is 70.9 Å². The van der Waals surface area contributed by atoms with E-state index in [-0.39, 0.29) is 6.04 Å². The van der Waals surface area contributed by atoms with E-state index in [4.69, 9.17) is 0 Å². The van der Waals surface area contributed by atoms with E-state index >= 15 is 0 Å². The van der Waals surface area contributed by atoms with E-state index in [1.807, 2.05) is 6.07 Å². The Hall–Kier alpha value is -2.27. The van der Waals surface area contributed by atoms with Gasteiger partial charge in [-0.05, 0) is 43.0 Å². The second-order valence-electron chi connectivity index (χ2n) is 7.10. The zero-order valence-electron chi connectivity index (χ0n) is 14.6. The van der Waals surface area contributed by atoms with E-state index in [1.165, 1.54) is 28.8 Å². The predicted octanol–water partition coefficient (Wildman–Crippen LogP) is 5.18. The van der Waals surface area contributed by atoms with Gasteiger partial charge in [0, 0.05) is 35.7 Å². The fraction of sp³-hybridized carbons (Fsp3) is 0.333. The first-order valence-electron chi connectivity index (χ1n) is 8.90. The molecule has 3 aromatic rings. The zero-order chi connectivity index (χ0) is 18.3. The summed E-state index contributed by atoms with van der Waals surface area (Å²) in [7, 11) is 0. The first kappa shape index (κ1) is 17.2. The zero-order valence-corrected chi connectivity index (χ0v) is 14.6. The lowest BCUT2D eigenvalue weighted by molar-refractivity contribution is -0.137. The average Bonchev–Trinajstić information content (AvgIpc) is 2.99. The summed E-state index contributed by atoms with van der Waals surface area (Å²) in [6.07, 6.45) is -2.71. The molecule has 1 atom stereocenters. The molecule has 1 N–H and O–H groups in total. The Bertz CT molecular complexity index is 926. The standard InChI is InChI=1S/C21H21F3N2/c1-14(11-15-5-4-6-16(12-15)21(22,23)24)26-10-9-18-17-7-2-3-8-19(17)25-20(18)13-26/h2-8,12,14,25H,9-11,13H2,1H3. The van der Waals surface area contributed by atoms with Gasteiger partial charge < -0.3 is 4.98 Å². The molecule has 4 rings (SSSR count). The van der Waals surface area contributed by atoms with Gasteiger partial charge in [0.05, 0.1) is 5.56 Å². The lowest BCUT2D eigenvalue weighted by Crippen LogP contribution is -2.38. The second kappa shape index (κ2) is 6.47. The highest BCUT2D eigenvalue weighted by Crippen LogP contribution is 2.31. The van der Waals surface area contributed by atoms with E-state index in [1.54, 1.807) is 6.07 Å². The van der Waals surface area contributed by atoms with Crippen molar-refractivity contribution >= 4 is 10.9 Å². The van der Waals surface area contributed by atoms with E-state index in [0.717, 1.165) is 36.7 Å². The maximum Gasteiger partial charge on any atom is 0.416 e. The third kappa shape index (κ3) is 3.23. The molecular weight excluding hydrogens is 337 g/mol. The van der Waals surface area contributed by atoms with Crippen molar-refractivity contribution in [2.75, 3.05) is 6.54 Å². The molecule has 5 heteroatoms. The quantitative estimate of drug-likeness (QED) is 0.684. The van der Waals surface area contributed by atoms with E-state index in [2.05, 4.69) is 35.0 Å². The van der Waals surface area contributed by atoms with Gasteiger partial charge in [-0.15, -0.1) is 0 Å². The molecule has 0 radical (unpaired) electrons. The van der Waals surface area contributed by atoms with Crippen molar-refractivity contribution < 1.29 is 13.2 Å². The van der Waals surface area contributed by atoms with Crippen LogP contribution in [0.15, 0.2) is 48.5 Å². The molecule has 0 spiro atoms. The van der Waals surface area contributed by atoms with Crippen molar-refractivity contribution in [1.29, 1.82) is 0 Å². The highest BCUT2D eigenvalue weighted by molar-refractivity contribution is 5.84. The maximum atomic E-state index is 12.9. The number of para-hydroxylation sites is 1. The molecule has 0 amide bonds. The highest BCUT2D eigenvalue weighted by Gasteiger charge is 2.30. The predicted molar refractivity (Wildman–Crippen MR) is 97.0 cm³/mol. The molecule has 1 aromatic heterocycles. The summed E-state index contributed by atoms with van der Waals surface area (Å²) in [4.78, 5) is 5.85. The Kier molecular flexibility index (Phi) is 4.27. The lowest BCUT2D eigenvalue weighted by atomic mass is 9.99. The molecular formula is C21H21F3N2. The Labute approximate surface area is 150 Å². The molecule has 1 aliphatic rings. The lowest BCUT2D eigenvalue weighted by Gasteiger charge is -2.32. The van der Waals surface area contributed by atoms with E-state index in [9.17, 15) is 13.2 Å². The van der Waals surface area contributed by atoms with Crippen LogP contribution in [0.4, 0.5) is 13.2 Å². The first-order valence-corrected chi connectivity index (χ1v) is 8.90. The summed E-state index contributed by atoms with van der Waals surface area (Å²) >= 11 is 0. The highest BCUT2D eigenvalue weighted by atomic mass is 19.4. The number of fused-ring (bicyclic) bond motifs is 3. The molecule has 136 valence electrons. The smallest absolute Gasteiger partial charge is 0.357 e. The van der Waals surface area contributed by atoms with Crippen molar-refractivity contribution in [2.24, 2.45) is 0 Å². The number of aromatic nitrogens is 1. The maximum absolute atomic E-state index is 12.9. The molecule has 1 unspecified atom stereocenters. The largest absolute Gasteiger partial charge is 0.416 e. The number of benzene rings is 2. The number of rotatable bonds is 3. The number of hydrogen-bond acceptors (Lipinski definition) is 1. The summed E-state index contributed by atoms with van der Waals surface area (Å²) in [5.74, 6) is 0.